The van der Waals surface area contributed by atoms with E-state index in [4.69, 9.17) is 22.3 Å². The second kappa shape index (κ2) is 9.71. The highest BCUT2D eigenvalue weighted by Gasteiger charge is 2.18. The number of nitrogens with one attached hydrogen (secondary N) is 2. The molecule has 0 aliphatic rings. The molecule has 0 radical (unpaired) electrons. The minimum atomic E-state index is -0.127. The standard InChI is InChI=1S/C21H25ClN4OS2/c1-12(2)10-17-18(14-5-4-13(3)15(22)11-14)26-21(29-17)25-16-6-9-28-19(16)20(27)24-8-7-23/h4-6,9,11-12H,7-8,10,23H2,1-3H3,(H,24,27)(H,25,26). The summed E-state index contributed by atoms with van der Waals surface area (Å²) in [6.45, 7) is 7.23. The Kier molecular flexibility index (Phi) is 7.29. The van der Waals surface area contributed by atoms with E-state index in [1.54, 1.807) is 11.3 Å². The highest BCUT2D eigenvalue weighted by atomic mass is 35.5. The van der Waals surface area contributed by atoms with E-state index < -0.39 is 0 Å². The molecule has 0 bridgehead atoms. The summed E-state index contributed by atoms with van der Waals surface area (Å²) in [6.07, 6.45) is 0.924. The third-order valence-electron chi connectivity index (χ3n) is 4.28. The molecule has 0 fully saturated rings. The first kappa shape index (κ1) is 21.8. The van der Waals surface area contributed by atoms with Crippen molar-refractivity contribution in [3.8, 4) is 11.3 Å². The van der Waals surface area contributed by atoms with E-state index in [1.807, 2.05) is 30.5 Å². The summed E-state index contributed by atoms with van der Waals surface area (Å²) in [7, 11) is 0. The van der Waals surface area contributed by atoms with Crippen molar-refractivity contribution in [3.05, 3.63) is 50.0 Å². The fourth-order valence-electron chi connectivity index (χ4n) is 2.84. The van der Waals surface area contributed by atoms with Gasteiger partial charge in [-0.15, -0.1) is 22.7 Å². The Morgan fingerprint density at radius 1 is 1.31 bits per heavy atom. The topological polar surface area (TPSA) is 80.0 Å². The number of anilines is 2. The molecule has 0 saturated carbocycles. The molecule has 0 aliphatic carbocycles. The van der Waals surface area contributed by atoms with E-state index in [0.717, 1.165) is 39.1 Å². The Morgan fingerprint density at radius 2 is 2.10 bits per heavy atom. The number of benzene rings is 1. The maximum Gasteiger partial charge on any atom is 0.263 e. The van der Waals surface area contributed by atoms with E-state index in [-0.39, 0.29) is 5.91 Å². The highest BCUT2D eigenvalue weighted by Crippen LogP contribution is 2.36. The van der Waals surface area contributed by atoms with Gasteiger partial charge >= 0.3 is 0 Å². The highest BCUT2D eigenvalue weighted by molar-refractivity contribution is 7.16. The fraction of sp³-hybridized carbons (Fsp3) is 0.333. The van der Waals surface area contributed by atoms with Crippen LogP contribution in [0.25, 0.3) is 11.3 Å². The van der Waals surface area contributed by atoms with Crippen LogP contribution in [0.15, 0.2) is 29.6 Å². The van der Waals surface area contributed by atoms with Gasteiger partial charge in [0.1, 0.15) is 4.88 Å². The third-order valence-corrected chi connectivity index (χ3v) is 6.59. The fourth-order valence-corrected chi connectivity index (χ4v) is 5.00. The van der Waals surface area contributed by atoms with Gasteiger partial charge in [-0.25, -0.2) is 4.98 Å². The van der Waals surface area contributed by atoms with E-state index >= 15 is 0 Å². The number of hydrogen-bond donors (Lipinski definition) is 3. The van der Waals surface area contributed by atoms with Crippen LogP contribution in [0.5, 0.6) is 0 Å². The van der Waals surface area contributed by atoms with Gasteiger partial charge in [0.15, 0.2) is 5.13 Å². The van der Waals surface area contributed by atoms with Crippen LogP contribution in [0.4, 0.5) is 10.8 Å². The lowest BCUT2D eigenvalue weighted by Crippen LogP contribution is -2.28. The number of aryl methyl sites for hydroxylation is 1. The molecule has 0 atom stereocenters. The zero-order valence-corrected chi connectivity index (χ0v) is 19.1. The molecular formula is C21H25ClN4OS2. The van der Waals surface area contributed by atoms with Gasteiger partial charge in [-0.1, -0.05) is 37.6 Å². The molecule has 0 spiro atoms. The van der Waals surface area contributed by atoms with Crippen LogP contribution in [-0.2, 0) is 6.42 Å². The summed E-state index contributed by atoms with van der Waals surface area (Å²) in [6, 6.07) is 7.94. The Hall–Kier alpha value is -1.93. The molecular weight excluding hydrogens is 424 g/mol. The number of hydrogen-bond acceptors (Lipinski definition) is 6. The SMILES string of the molecule is Cc1ccc(-c2nc(Nc3ccsc3C(=O)NCCN)sc2CC(C)C)cc1Cl. The molecule has 8 heteroatoms. The van der Waals surface area contributed by atoms with Gasteiger partial charge in [-0.3, -0.25) is 4.79 Å². The molecule has 0 unspecified atom stereocenters. The number of rotatable bonds is 8. The van der Waals surface area contributed by atoms with E-state index in [2.05, 4.69) is 30.5 Å². The maximum absolute atomic E-state index is 12.4. The first-order chi connectivity index (χ1) is 13.9. The van der Waals surface area contributed by atoms with Gasteiger partial charge < -0.3 is 16.4 Å². The normalized spacial score (nSPS) is 11.1. The lowest BCUT2D eigenvalue weighted by Gasteiger charge is -2.06. The molecule has 0 aliphatic heterocycles. The first-order valence-electron chi connectivity index (χ1n) is 9.48. The number of nitrogens with zero attached hydrogens (tertiary/aromatic N) is 1. The zero-order valence-electron chi connectivity index (χ0n) is 16.7. The minimum absolute atomic E-state index is 0.127. The lowest BCUT2D eigenvalue weighted by molar-refractivity contribution is 0.0959. The van der Waals surface area contributed by atoms with Gasteiger partial charge in [0.2, 0.25) is 0 Å². The average Bonchev–Trinajstić information content (AvgIpc) is 3.29. The average molecular weight is 449 g/mol. The number of carbonyl (C=O) groups excluding carboxylic acids is 1. The van der Waals surface area contributed by atoms with Crippen LogP contribution in [0, 0.1) is 12.8 Å². The molecule has 29 heavy (non-hydrogen) atoms. The minimum Gasteiger partial charge on any atom is -0.350 e. The Bertz CT molecular complexity index is 996. The molecule has 5 nitrogen and oxygen atoms in total. The van der Waals surface area contributed by atoms with Crippen LogP contribution in [0.3, 0.4) is 0 Å². The molecule has 1 aromatic carbocycles. The van der Waals surface area contributed by atoms with Gasteiger partial charge in [0.25, 0.3) is 5.91 Å². The van der Waals surface area contributed by atoms with Gasteiger partial charge in [-0.2, -0.15) is 0 Å². The molecule has 2 heterocycles. The van der Waals surface area contributed by atoms with Crippen LogP contribution in [-0.4, -0.2) is 24.0 Å². The van der Waals surface area contributed by atoms with Crippen LogP contribution < -0.4 is 16.4 Å². The first-order valence-corrected chi connectivity index (χ1v) is 11.6. The molecule has 2 aromatic heterocycles. The number of amides is 1. The van der Waals surface area contributed by atoms with Crippen molar-refractivity contribution < 1.29 is 4.79 Å². The summed E-state index contributed by atoms with van der Waals surface area (Å²) >= 11 is 9.36. The second-order valence-electron chi connectivity index (χ2n) is 7.19. The van der Waals surface area contributed by atoms with Crippen LogP contribution >= 0.6 is 34.3 Å². The number of nitrogens with two attached hydrogens (primary N) is 1. The van der Waals surface area contributed by atoms with E-state index in [0.29, 0.717) is 23.9 Å². The molecule has 1 amide bonds. The number of thiophene rings is 1. The molecule has 4 N–H and O–H groups in total. The number of halogens is 1. The molecule has 3 aromatic rings. The zero-order chi connectivity index (χ0) is 21.0. The quantitative estimate of drug-likeness (QED) is 0.427. The molecule has 0 saturated heterocycles. The van der Waals surface area contributed by atoms with Crippen molar-refractivity contribution in [1.82, 2.24) is 10.3 Å². The number of carbonyl (C=O) groups is 1. The number of aromatic nitrogens is 1. The molecule has 154 valence electrons. The van der Waals surface area contributed by atoms with E-state index in [1.165, 1.54) is 16.2 Å². The van der Waals surface area contributed by atoms with Crippen molar-refractivity contribution in [2.24, 2.45) is 11.7 Å². The van der Waals surface area contributed by atoms with Crippen molar-refractivity contribution in [2.45, 2.75) is 27.2 Å². The number of thiazole rings is 1. The Labute approximate surface area is 184 Å². The van der Waals surface area contributed by atoms with Crippen molar-refractivity contribution in [1.29, 1.82) is 0 Å². The lowest BCUT2D eigenvalue weighted by atomic mass is 10.0. The van der Waals surface area contributed by atoms with Crippen LogP contribution in [0.1, 0.15) is 34.0 Å². The Morgan fingerprint density at radius 3 is 2.79 bits per heavy atom. The maximum atomic E-state index is 12.4. The summed E-state index contributed by atoms with van der Waals surface area (Å²) in [5.74, 6) is 0.374. The van der Waals surface area contributed by atoms with Crippen molar-refractivity contribution >= 4 is 51.0 Å². The van der Waals surface area contributed by atoms with Crippen molar-refractivity contribution in [3.63, 3.8) is 0 Å². The summed E-state index contributed by atoms with van der Waals surface area (Å²) in [5.41, 5.74) is 9.22. The predicted molar refractivity (Wildman–Crippen MR) is 125 cm³/mol. The predicted octanol–water partition coefficient (Wildman–Crippen LogP) is 5.46. The summed E-state index contributed by atoms with van der Waals surface area (Å²) in [5, 5.41) is 9.54. The Balaban J connectivity index is 1.91. The van der Waals surface area contributed by atoms with Crippen LogP contribution in [0.2, 0.25) is 5.02 Å². The summed E-state index contributed by atoms with van der Waals surface area (Å²) < 4.78 is 0. The van der Waals surface area contributed by atoms with Gasteiger partial charge in [0, 0.05) is 28.6 Å². The van der Waals surface area contributed by atoms with E-state index in [9.17, 15) is 4.79 Å². The largest absolute Gasteiger partial charge is 0.350 e. The third kappa shape index (κ3) is 5.36. The van der Waals surface area contributed by atoms with Gasteiger partial charge in [-0.05, 0) is 42.3 Å². The molecule has 3 rings (SSSR count). The monoisotopic (exact) mass is 448 g/mol. The smallest absolute Gasteiger partial charge is 0.263 e. The summed E-state index contributed by atoms with van der Waals surface area (Å²) in [4.78, 5) is 19.0. The van der Waals surface area contributed by atoms with Gasteiger partial charge in [0.05, 0.1) is 11.4 Å². The second-order valence-corrected chi connectivity index (χ2v) is 9.59. The van der Waals surface area contributed by atoms with Crippen molar-refractivity contribution in [2.75, 3.05) is 18.4 Å².